The Morgan fingerprint density at radius 1 is 1.70 bits per heavy atom. The average Bonchev–Trinajstić information content (AvgIpc) is 1.88. The third-order valence-corrected chi connectivity index (χ3v) is 1.77. The van der Waals surface area contributed by atoms with Crippen molar-refractivity contribution >= 4 is 28.5 Å². The molecule has 2 nitrogen and oxygen atoms in total. The molecule has 0 radical (unpaired) electrons. The Kier molecular flexibility index (Phi) is 6.17. The Morgan fingerprint density at radius 2 is 2.30 bits per heavy atom. The number of esters is 1. The Bertz CT molecular complexity index is 102. The first-order chi connectivity index (χ1) is 4.68. The van der Waals surface area contributed by atoms with Gasteiger partial charge in [0.05, 0.1) is 0 Å². The first-order valence-corrected chi connectivity index (χ1v) is 5.21. The average molecular weight is 248 g/mol. The zero-order valence-electron chi connectivity index (χ0n) is 6.52. The summed E-state index contributed by atoms with van der Waals surface area (Å²) in [5, 5.41) is 0. The summed E-state index contributed by atoms with van der Waals surface area (Å²) in [5.41, 5.74) is 0. The fourth-order valence-corrected chi connectivity index (χ4v) is 0.680. The molecule has 3 heteroatoms. The Balaban J connectivity index is 3.22. The molecule has 0 aliphatic rings. The Hall–Kier alpha value is 0.269. The fourth-order valence-electron chi connectivity index (χ4n) is 0.442. The number of carbonyl (C=O) groups is 1. The molecule has 0 fully saturated rings. The number of hydrogen-bond donors (Lipinski definition) is 0. The summed E-state index contributed by atoms with van der Waals surface area (Å²) >= 11 is 1.23. The molecule has 0 aromatic heterocycles. The van der Waals surface area contributed by atoms with Gasteiger partial charge in [-0.05, 0) is 0 Å². The molecular formula is C7H13O2Sn+3. The summed E-state index contributed by atoms with van der Waals surface area (Å²) in [4.78, 5) is 10.8. The van der Waals surface area contributed by atoms with Crippen LogP contribution in [0.15, 0.2) is 0 Å². The maximum absolute atomic E-state index is 10.8. The minimum absolute atomic E-state index is 0.0494. The van der Waals surface area contributed by atoms with Gasteiger partial charge >= 0.3 is 75.3 Å². The summed E-state index contributed by atoms with van der Waals surface area (Å²) < 4.78 is 5.03. The molecule has 0 amide bonds. The van der Waals surface area contributed by atoms with Crippen LogP contribution in [0.25, 0.3) is 0 Å². The van der Waals surface area contributed by atoms with E-state index in [-0.39, 0.29) is 9.90 Å². The van der Waals surface area contributed by atoms with Gasteiger partial charge in [0.2, 0.25) is 0 Å². The van der Waals surface area contributed by atoms with Crippen molar-refractivity contribution in [3.05, 3.63) is 0 Å². The first-order valence-electron chi connectivity index (χ1n) is 3.56. The molecule has 0 heterocycles. The van der Waals surface area contributed by atoms with Crippen LogP contribution in [0.3, 0.4) is 0 Å². The van der Waals surface area contributed by atoms with Crippen molar-refractivity contribution in [2.75, 3.05) is 6.61 Å². The third kappa shape index (κ3) is 5.09. The monoisotopic (exact) mass is 249 g/mol. The molecule has 0 aliphatic heterocycles. The standard InChI is InChI=1S/C7H13O2.Sn/c1-3-5-6-9-7(8)4-2;/h4H,3,5-6H2,1-2H3;/q;+3. The van der Waals surface area contributed by atoms with Gasteiger partial charge in [0.15, 0.2) is 0 Å². The van der Waals surface area contributed by atoms with Crippen LogP contribution < -0.4 is 0 Å². The summed E-state index contributed by atoms with van der Waals surface area (Å²) in [5.74, 6) is -0.0494. The molecule has 0 aliphatic carbocycles. The van der Waals surface area contributed by atoms with Crippen LogP contribution >= 0.6 is 0 Å². The topological polar surface area (TPSA) is 26.3 Å². The van der Waals surface area contributed by atoms with Crippen LogP contribution in [0.1, 0.15) is 26.7 Å². The van der Waals surface area contributed by atoms with E-state index in [1.54, 1.807) is 0 Å². The van der Waals surface area contributed by atoms with E-state index < -0.39 is 0 Å². The summed E-state index contributed by atoms with van der Waals surface area (Å²) in [6.45, 7) is 4.55. The number of hydrogen-bond acceptors (Lipinski definition) is 2. The summed E-state index contributed by atoms with van der Waals surface area (Å²) in [6, 6.07) is 0. The van der Waals surface area contributed by atoms with Crippen LogP contribution in [0.2, 0.25) is 3.93 Å². The van der Waals surface area contributed by atoms with Crippen molar-refractivity contribution in [2.45, 2.75) is 30.6 Å². The molecule has 10 heavy (non-hydrogen) atoms. The number of unbranched alkanes of at least 4 members (excludes halogenated alkanes) is 1. The maximum atomic E-state index is 10.8. The second-order valence-corrected chi connectivity index (χ2v) is 4.71. The van der Waals surface area contributed by atoms with E-state index in [4.69, 9.17) is 4.74 Å². The van der Waals surface area contributed by atoms with E-state index in [9.17, 15) is 4.79 Å². The van der Waals surface area contributed by atoms with Crippen molar-refractivity contribution in [1.29, 1.82) is 0 Å². The molecule has 0 N–H and O–H groups in total. The second-order valence-electron chi connectivity index (χ2n) is 2.24. The van der Waals surface area contributed by atoms with Crippen LogP contribution in [0.5, 0.6) is 0 Å². The molecule has 54 valence electrons. The van der Waals surface area contributed by atoms with Gasteiger partial charge in [-0.15, -0.1) is 0 Å². The van der Waals surface area contributed by atoms with E-state index in [0.717, 1.165) is 12.8 Å². The van der Waals surface area contributed by atoms with Crippen LogP contribution in [0, 0.1) is 0 Å². The van der Waals surface area contributed by atoms with Gasteiger partial charge < -0.3 is 0 Å². The van der Waals surface area contributed by atoms with Gasteiger partial charge in [-0.1, -0.05) is 0 Å². The van der Waals surface area contributed by atoms with Crippen molar-refractivity contribution < 1.29 is 9.53 Å². The molecule has 0 saturated carbocycles. The van der Waals surface area contributed by atoms with Crippen molar-refractivity contribution in [3.63, 3.8) is 0 Å². The number of rotatable bonds is 4. The predicted octanol–water partition coefficient (Wildman–Crippen LogP) is 1.31. The van der Waals surface area contributed by atoms with Crippen LogP contribution in [0.4, 0.5) is 0 Å². The number of carbonyl (C=O) groups excluding carboxylic acids is 1. The Morgan fingerprint density at radius 3 is 2.70 bits per heavy atom. The molecule has 1 atom stereocenters. The quantitative estimate of drug-likeness (QED) is 0.426. The normalized spacial score (nSPS) is 12.8. The van der Waals surface area contributed by atoms with Crippen molar-refractivity contribution in [2.24, 2.45) is 0 Å². The van der Waals surface area contributed by atoms with E-state index in [1.807, 2.05) is 6.92 Å². The van der Waals surface area contributed by atoms with Gasteiger partial charge in [-0.3, -0.25) is 0 Å². The molecule has 0 aromatic rings. The fraction of sp³-hybridized carbons (Fsp3) is 0.857. The van der Waals surface area contributed by atoms with Gasteiger partial charge in [-0.25, -0.2) is 0 Å². The van der Waals surface area contributed by atoms with E-state index in [2.05, 4.69) is 6.92 Å². The van der Waals surface area contributed by atoms with Crippen LogP contribution in [-0.4, -0.2) is 35.1 Å². The van der Waals surface area contributed by atoms with Gasteiger partial charge in [0.1, 0.15) is 0 Å². The van der Waals surface area contributed by atoms with Gasteiger partial charge in [0, 0.05) is 0 Å². The predicted molar refractivity (Wildman–Crippen MR) is 41.0 cm³/mol. The van der Waals surface area contributed by atoms with E-state index >= 15 is 0 Å². The molecule has 1 unspecified atom stereocenters. The molecular weight excluding hydrogens is 235 g/mol. The molecule has 0 aromatic carbocycles. The summed E-state index contributed by atoms with van der Waals surface area (Å²) in [6.07, 6.45) is 2.06. The molecule has 0 rings (SSSR count). The molecule has 0 saturated heterocycles. The van der Waals surface area contributed by atoms with Crippen molar-refractivity contribution in [1.82, 2.24) is 0 Å². The van der Waals surface area contributed by atoms with E-state index in [1.165, 1.54) is 22.5 Å². The van der Waals surface area contributed by atoms with Crippen LogP contribution in [-0.2, 0) is 9.53 Å². The number of ether oxygens (including phenoxy) is 1. The third-order valence-electron chi connectivity index (χ3n) is 1.10. The first kappa shape index (κ1) is 10.3. The zero-order chi connectivity index (χ0) is 7.98. The van der Waals surface area contributed by atoms with Gasteiger partial charge in [-0.2, -0.15) is 0 Å². The summed E-state index contributed by atoms with van der Waals surface area (Å²) in [7, 11) is 0. The Labute approximate surface area is 75.4 Å². The minimum atomic E-state index is -0.0494. The SMILES string of the molecule is CCCCOC(=O)[CH](C)[Sn+3]. The zero-order valence-corrected chi connectivity index (χ0v) is 9.37. The van der Waals surface area contributed by atoms with Gasteiger partial charge in [0.25, 0.3) is 0 Å². The molecule has 0 bridgehead atoms. The van der Waals surface area contributed by atoms with E-state index in [0.29, 0.717) is 6.61 Å². The second kappa shape index (κ2) is 6.01. The van der Waals surface area contributed by atoms with Crippen molar-refractivity contribution in [3.8, 4) is 0 Å². The molecule has 0 spiro atoms.